The summed E-state index contributed by atoms with van der Waals surface area (Å²) in [5.74, 6) is 1.18. The first-order valence-electron chi connectivity index (χ1n) is 8.52. The summed E-state index contributed by atoms with van der Waals surface area (Å²) in [4.78, 5) is 12.9. The fourth-order valence-electron chi connectivity index (χ4n) is 2.52. The highest BCUT2D eigenvalue weighted by Crippen LogP contribution is 2.24. The van der Waals surface area contributed by atoms with Gasteiger partial charge in [0.15, 0.2) is 6.04 Å². The summed E-state index contributed by atoms with van der Waals surface area (Å²) in [6, 6.07) is 17.1. The number of carbonyl (C=O) groups excluding carboxylic acids is 1. The number of quaternary nitrogens is 1. The molecule has 0 aliphatic heterocycles. The average Bonchev–Trinajstić information content (AvgIpc) is 2.58. The summed E-state index contributed by atoms with van der Waals surface area (Å²) in [6.45, 7) is 7.69. The second-order valence-electron chi connectivity index (χ2n) is 6.17. The largest absolute Gasteiger partial charge is 0.492 e. The van der Waals surface area contributed by atoms with Crippen molar-refractivity contribution >= 4 is 11.6 Å². The van der Waals surface area contributed by atoms with E-state index >= 15 is 0 Å². The molecule has 4 nitrogen and oxygen atoms in total. The van der Waals surface area contributed by atoms with Crippen molar-refractivity contribution in [3.05, 3.63) is 60.2 Å². The highest BCUT2D eigenvalue weighted by Gasteiger charge is 2.25. The van der Waals surface area contributed by atoms with E-state index in [1.54, 1.807) is 0 Å². The molecule has 0 spiro atoms. The van der Waals surface area contributed by atoms with E-state index in [9.17, 15) is 4.79 Å². The van der Waals surface area contributed by atoms with E-state index in [1.165, 1.54) is 0 Å². The van der Waals surface area contributed by atoms with Gasteiger partial charge in [0.1, 0.15) is 5.75 Å². The molecule has 2 aromatic rings. The SMILES string of the molecule is CCOc1ccccc1NC(=O)[C@H]([NH2+]CC(C)C)c1ccccc1. The lowest BCUT2D eigenvalue weighted by molar-refractivity contribution is -0.686. The Morgan fingerprint density at radius 1 is 1.08 bits per heavy atom. The van der Waals surface area contributed by atoms with Gasteiger partial charge in [-0.25, -0.2) is 0 Å². The van der Waals surface area contributed by atoms with Crippen molar-refractivity contribution < 1.29 is 14.8 Å². The van der Waals surface area contributed by atoms with E-state index in [0.717, 1.165) is 12.1 Å². The van der Waals surface area contributed by atoms with E-state index in [4.69, 9.17) is 4.74 Å². The molecule has 4 heteroatoms. The Hall–Kier alpha value is -2.33. The van der Waals surface area contributed by atoms with Crippen LogP contribution in [0.1, 0.15) is 32.4 Å². The molecule has 128 valence electrons. The normalized spacial score (nSPS) is 12.0. The molecule has 2 aromatic carbocycles. The van der Waals surface area contributed by atoms with Gasteiger partial charge in [0, 0.05) is 11.5 Å². The third-order valence-electron chi connectivity index (χ3n) is 3.73. The molecule has 0 unspecified atom stereocenters. The molecule has 0 saturated carbocycles. The molecule has 0 fully saturated rings. The number of hydrogen-bond acceptors (Lipinski definition) is 2. The standard InChI is InChI=1S/C20H26N2O2/c1-4-24-18-13-9-8-12-17(18)22-20(23)19(21-14-15(2)3)16-10-6-5-7-11-16/h5-13,15,19,21H,4,14H2,1-3H3,(H,22,23)/p+1/t19-/m1/s1. The molecule has 0 radical (unpaired) electrons. The summed E-state index contributed by atoms with van der Waals surface area (Å²) >= 11 is 0. The lowest BCUT2D eigenvalue weighted by atomic mass is 10.0. The van der Waals surface area contributed by atoms with Gasteiger partial charge in [0.2, 0.25) is 0 Å². The average molecular weight is 327 g/mol. The Balaban J connectivity index is 2.19. The van der Waals surface area contributed by atoms with Gasteiger partial charge < -0.3 is 15.4 Å². The summed E-state index contributed by atoms with van der Waals surface area (Å²) in [5, 5.41) is 5.12. The highest BCUT2D eigenvalue weighted by molar-refractivity contribution is 5.95. The lowest BCUT2D eigenvalue weighted by Gasteiger charge is -2.18. The number of ether oxygens (including phenoxy) is 1. The van der Waals surface area contributed by atoms with Gasteiger partial charge in [0.25, 0.3) is 5.91 Å². The quantitative estimate of drug-likeness (QED) is 0.783. The number of hydrogen-bond donors (Lipinski definition) is 2. The predicted molar refractivity (Wildman–Crippen MR) is 97.1 cm³/mol. The fraction of sp³-hybridized carbons (Fsp3) is 0.350. The molecule has 1 amide bonds. The van der Waals surface area contributed by atoms with Gasteiger partial charge in [0.05, 0.1) is 18.8 Å². The Labute approximate surface area is 144 Å². The summed E-state index contributed by atoms with van der Waals surface area (Å²) in [6.07, 6.45) is 0. The van der Waals surface area contributed by atoms with Gasteiger partial charge >= 0.3 is 0 Å². The first-order valence-corrected chi connectivity index (χ1v) is 8.52. The van der Waals surface area contributed by atoms with Crippen LogP contribution in [-0.2, 0) is 4.79 Å². The number of anilines is 1. The minimum atomic E-state index is -0.275. The zero-order valence-corrected chi connectivity index (χ0v) is 14.7. The van der Waals surface area contributed by atoms with Crippen molar-refractivity contribution in [1.82, 2.24) is 0 Å². The monoisotopic (exact) mass is 327 g/mol. The van der Waals surface area contributed by atoms with Crippen molar-refractivity contribution in [2.75, 3.05) is 18.5 Å². The van der Waals surface area contributed by atoms with Crippen LogP contribution in [0.2, 0.25) is 0 Å². The van der Waals surface area contributed by atoms with Crippen LogP contribution in [0.15, 0.2) is 54.6 Å². The minimum absolute atomic E-state index is 0.0333. The third-order valence-corrected chi connectivity index (χ3v) is 3.73. The van der Waals surface area contributed by atoms with E-state index in [1.807, 2.05) is 61.5 Å². The van der Waals surface area contributed by atoms with Gasteiger partial charge in [-0.2, -0.15) is 0 Å². The Morgan fingerprint density at radius 2 is 1.75 bits per heavy atom. The molecule has 0 aliphatic carbocycles. The molecular weight excluding hydrogens is 300 g/mol. The molecule has 0 aromatic heterocycles. The van der Waals surface area contributed by atoms with Gasteiger partial charge in [-0.15, -0.1) is 0 Å². The molecule has 3 N–H and O–H groups in total. The molecule has 1 atom stereocenters. The van der Waals surface area contributed by atoms with Crippen molar-refractivity contribution in [2.45, 2.75) is 26.8 Å². The Kier molecular flexibility index (Phi) is 6.82. The van der Waals surface area contributed by atoms with Gasteiger partial charge in [-0.1, -0.05) is 56.3 Å². The topological polar surface area (TPSA) is 54.9 Å². The Bertz CT molecular complexity index is 641. The third kappa shape index (κ3) is 5.10. The molecule has 0 saturated heterocycles. The van der Waals surface area contributed by atoms with Crippen LogP contribution in [0.3, 0.4) is 0 Å². The lowest BCUT2D eigenvalue weighted by Crippen LogP contribution is -2.88. The molecule has 0 bridgehead atoms. The number of nitrogens with one attached hydrogen (secondary N) is 1. The molecule has 0 aliphatic rings. The summed E-state index contributed by atoms with van der Waals surface area (Å²) in [7, 11) is 0. The smallest absolute Gasteiger partial charge is 0.287 e. The second kappa shape index (κ2) is 9.08. The summed E-state index contributed by atoms with van der Waals surface area (Å²) < 4.78 is 5.60. The molecular formula is C20H27N2O2+. The van der Waals surface area contributed by atoms with Crippen LogP contribution < -0.4 is 15.4 Å². The van der Waals surface area contributed by atoms with Gasteiger partial charge in [-0.3, -0.25) is 4.79 Å². The van der Waals surface area contributed by atoms with Crippen molar-refractivity contribution in [2.24, 2.45) is 5.92 Å². The van der Waals surface area contributed by atoms with E-state index in [-0.39, 0.29) is 11.9 Å². The van der Waals surface area contributed by atoms with Crippen LogP contribution in [0.4, 0.5) is 5.69 Å². The van der Waals surface area contributed by atoms with Crippen LogP contribution in [0, 0.1) is 5.92 Å². The van der Waals surface area contributed by atoms with Crippen LogP contribution in [0.25, 0.3) is 0 Å². The van der Waals surface area contributed by atoms with Crippen LogP contribution >= 0.6 is 0 Å². The number of nitrogens with two attached hydrogens (primary N) is 1. The minimum Gasteiger partial charge on any atom is -0.492 e. The molecule has 0 heterocycles. The van der Waals surface area contributed by atoms with E-state index in [2.05, 4.69) is 24.5 Å². The maximum atomic E-state index is 12.9. The summed E-state index contributed by atoms with van der Waals surface area (Å²) in [5.41, 5.74) is 1.72. The van der Waals surface area contributed by atoms with E-state index < -0.39 is 0 Å². The molecule has 24 heavy (non-hydrogen) atoms. The zero-order chi connectivity index (χ0) is 17.4. The molecule has 2 rings (SSSR count). The second-order valence-corrected chi connectivity index (χ2v) is 6.17. The first-order chi connectivity index (χ1) is 11.6. The van der Waals surface area contributed by atoms with E-state index in [0.29, 0.717) is 24.0 Å². The number of amides is 1. The maximum Gasteiger partial charge on any atom is 0.287 e. The van der Waals surface area contributed by atoms with Crippen LogP contribution in [-0.4, -0.2) is 19.1 Å². The Morgan fingerprint density at radius 3 is 2.42 bits per heavy atom. The number of rotatable bonds is 8. The number of para-hydroxylation sites is 2. The number of benzene rings is 2. The van der Waals surface area contributed by atoms with Gasteiger partial charge in [-0.05, 0) is 19.1 Å². The van der Waals surface area contributed by atoms with Crippen molar-refractivity contribution in [3.63, 3.8) is 0 Å². The van der Waals surface area contributed by atoms with Crippen molar-refractivity contribution in [1.29, 1.82) is 0 Å². The van der Waals surface area contributed by atoms with Crippen molar-refractivity contribution in [3.8, 4) is 5.75 Å². The zero-order valence-electron chi connectivity index (χ0n) is 14.7. The fourth-order valence-corrected chi connectivity index (χ4v) is 2.52. The van der Waals surface area contributed by atoms with Crippen LogP contribution in [0.5, 0.6) is 5.75 Å². The number of carbonyl (C=O) groups is 1. The first kappa shape index (κ1) is 18.0. The maximum absolute atomic E-state index is 12.9. The highest BCUT2D eigenvalue weighted by atomic mass is 16.5. The predicted octanol–water partition coefficient (Wildman–Crippen LogP) is 2.98.